The molecule has 3 N–H and O–H groups in total. The standard InChI is InChI=1S/C9H12N2O4/c1-6-4-7(14)11(2-3-12)9(15)8(6)10-5-13/h4-5,12,15H,2-3H2,1H3,(H,10,13). The molecule has 0 saturated carbocycles. The highest BCUT2D eigenvalue weighted by atomic mass is 16.3. The maximum Gasteiger partial charge on any atom is 0.253 e. The van der Waals surface area contributed by atoms with E-state index in [1.54, 1.807) is 6.92 Å². The maximum atomic E-state index is 11.4. The van der Waals surface area contributed by atoms with Gasteiger partial charge in [0.25, 0.3) is 5.56 Å². The topological polar surface area (TPSA) is 91.6 Å². The second-order valence-corrected chi connectivity index (χ2v) is 3.00. The second-order valence-electron chi connectivity index (χ2n) is 3.00. The smallest absolute Gasteiger partial charge is 0.253 e. The van der Waals surface area contributed by atoms with Gasteiger partial charge in [-0.1, -0.05) is 0 Å². The SMILES string of the molecule is Cc1cc(=O)n(CCO)c(O)c1NC=O. The van der Waals surface area contributed by atoms with Crippen LogP contribution in [0.1, 0.15) is 5.56 Å². The minimum atomic E-state index is -0.421. The van der Waals surface area contributed by atoms with Crippen molar-refractivity contribution in [3.05, 3.63) is 22.0 Å². The van der Waals surface area contributed by atoms with Crippen LogP contribution in [-0.2, 0) is 11.3 Å². The number of aryl methyl sites for hydroxylation is 1. The minimum absolute atomic E-state index is 0.0154. The number of rotatable bonds is 4. The van der Waals surface area contributed by atoms with Crippen LogP contribution in [0.25, 0.3) is 0 Å². The maximum absolute atomic E-state index is 11.4. The summed E-state index contributed by atoms with van der Waals surface area (Å²) in [6.45, 7) is 1.31. The zero-order valence-corrected chi connectivity index (χ0v) is 8.23. The summed E-state index contributed by atoms with van der Waals surface area (Å²) in [6, 6.07) is 1.28. The van der Waals surface area contributed by atoms with E-state index in [0.29, 0.717) is 12.0 Å². The summed E-state index contributed by atoms with van der Waals surface area (Å²) < 4.78 is 0.985. The molecule has 15 heavy (non-hydrogen) atoms. The first-order valence-corrected chi connectivity index (χ1v) is 4.36. The van der Waals surface area contributed by atoms with Crippen LogP contribution >= 0.6 is 0 Å². The monoisotopic (exact) mass is 212 g/mol. The van der Waals surface area contributed by atoms with Crippen LogP contribution in [0.3, 0.4) is 0 Å². The molecule has 0 aliphatic carbocycles. The van der Waals surface area contributed by atoms with Crippen LogP contribution in [-0.4, -0.2) is 27.8 Å². The number of carbonyl (C=O) groups is 1. The van der Waals surface area contributed by atoms with E-state index in [9.17, 15) is 14.7 Å². The highest BCUT2D eigenvalue weighted by Gasteiger charge is 2.11. The lowest BCUT2D eigenvalue weighted by atomic mass is 10.2. The first kappa shape index (κ1) is 11.3. The predicted molar refractivity (Wildman–Crippen MR) is 53.9 cm³/mol. The minimum Gasteiger partial charge on any atom is -0.493 e. The van der Waals surface area contributed by atoms with Gasteiger partial charge >= 0.3 is 0 Å². The zero-order chi connectivity index (χ0) is 11.4. The van der Waals surface area contributed by atoms with E-state index in [4.69, 9.17) is 5.11 Å². The fourth-order valence-electron chi connectivity index (χ4n) is 1.30. The quantitative estimate of drug-likeness (QED) is 0.582. The van der Waals surface area contributed by atoms with E-state index in [1.165, 1.54) is 6.07 Å². The van der Waals surface area contributed by atoms with Gasteiger partial charge in [0, 0.05) is 6.07 Å². The third kappa shape index (κ3) is 2.16. The van der Waals surface area contributed by atoms with Crippen molar-refractivity contribution in [2.24, 2.45) is 0 Å². The summed E-state index contributed by atoms with van der Waals surface area (Å²) in [5.74, 6) is -0.346. The molecule has 1 aromatic heterocycles. The summed E-state index contributed by atoms with van der Waals surface area (Å²) in [5, 5.41) is 20.6. The van der Waals surface area contributed by atoms with Crippen LogP contribution in [0.2, 0.25) is 0 Å². The Morgan fingerprint density at radius 1 is 1.60 bits per heavy atom. The average molecular weight is 212 g/mol. The molecule has 1 aromatic rings. The Labute approximate surface area is 85.8 Å². The molecule has 0 unspecified atom stereocenters. The van der Waals surface area contributed by atoms with Crippen molar-refractivity contribution in [1.29, 1.82) is 0 Å². The van der Waals surface area contributed by atoms with Crippen LogP contribution in [0, 0.1) is 6.92 Å². The Balaban J connectivity index is 3.34. The Bertz CT molecular complexity index is 425. The number of aromatic hydroxyl groups is 1. The molecular formula is C9H12N2O4. The van der Waals surface area contributed by atoms with Gasteiger partial charge in [-0.05, 0) is 12.5 Å². The van der Waals surface area contributed by atoms with E-state index in [0.717, 1.165) is 4.57 Å². The van der Waals surface area contributed by atoms with Gasteiger partial charge in [-0.2, -0.15) is 0 Å². The van der Waals surface area contributed by atoms with Gasteiger partial charge in [-0.3, -0.25) is 14.2 Å². The number of amides is 1. The van der Waals surface area contributed by atoms with Gasteiger partial charge in [0.1, 0.15) is 5.69 Å². The number of aliphatic hydroxyl groups is 1. The molecule has 1 rings (SSSR count). The van der Waals surface area contributed by atoms with Crippen molar-refractivity contribution in [2.45, 2.75) is 13.5 Å². The number of aromatic nitrogens is 1. The molecule has 0 fully saturated rings. The van der Waals surface area contributed by atoms with Crippen molar-refractivity contribution >= 4 is 12.1 Å². The van der Waals surface area contributed by atoms with Crippen LogP contribution < -0.4 is 10.9 Å². The molecule has 6 heteroatoms. The number of nitrogens with zero attached hydrogens (tertiary/aromatic N) is 1. The molecule has 1 amide bonds. The second kappa shape index (κ2) is 4.61. The Morgan fingerprint density at radius 2 is 2.27 bits per heavy atom. The summed E-state index contributed by atoms with van der Waals surface area (Å²) in [6.07, 6.45) is 0.413. The van der Waals surface area contributed by atoms with Gasteiger partial charge in [-0.25, -0.2) is 0 Å². The highest BCUT2D eigenvalue weighted by Crippen LogP contribution is 2.23. The van der Waals surface area contributed by atoms with Crippen LogP contribution in [0.15, 0.2) is 10.9 Å². The van der Waals surface area contributed by atoms with Crippen LogP contribution in [0.4, 0.5) is 5.69 Å². The predicted octanol–water partition coefficient (Wildman–Crippen LogP) is -0.577. The van der Waals surface area contributed by atoms with Gasteiger partial charge < -0.3 is 15.5 Å². The van der Waals surface area contributed by atoms with Gasteiger partial charge in [0.15, 0.2) is 0 Å². The molecule has 0 aliphatic heterocycles. The first-order chi connectivity index (χ1) is 7.11. The lowest BCUT2D eigenvalue weighted by Crippen LogP contribution is -2.22. The van der Waals surface area contributed by atoms with E-state index >= 15 is 0 Å². The fourth-order valence-corrected chi connectivity index (χ4v) is 1.30. The van der Waals surface area contributed by atoms with Crippen molar-refractivity contribution < 1.29 is 15.0 Å². The van der Waals surface area contributed by atoms with Crippen molar-refractivity contribution in [3.63, 3.8) is 0 Å². The molecular weight excluding hydrogens is 200 g/mol. The van der Waals surface area contributed by atoms with Gasteiger partial charge in [-0.15, -0.1) is 0 Å². The van der Waals surface area contributed by atoms with Crippen LogP contribution in [0.5, 0.6) is 5.88 Å². The lowest BCUT2D eigenvalue weighted by Gasteiger charge is -2.12. The summed E-state index contributed by atoms with van der Waals surface area (Å²) in [5.41, 5.74) is 0.229. The van der Waals surface area contributed by atoms with Crippen molar-refractivity contribution in [2.75, 3.05) is 11.9 Å². The molecule has 0 saturated heterocycles. The summed E-state index contributed by atoms with van der Waals surface area (Å²) in [7, 11) is 0. The van der Waals surface area contributed by atoms with Gasteiger partial charge in [0.05, 0.1) is 13.2 Å². The molecule has 0 atom stereocenters. The third-order valence-corrected chi connectivity index (χ3v) is 2.01. The Kier molecular flexibility index (Phi) is 3.46. The van der Waals surface area contributed by atoms with Crippen molar-refractivity contribution in [3.8, 4) is 5.88 Å². The number of pyridine rings is 1. The largest absolute Gasteiger partial charge is 0.493 e. The van der Waals surface area contributed by atoms with E-state index in [1.807, 2.05) is 0 Å². The van der Waals surface area contributed by atoms with Crippen molar-refractivity contribution in [1.82, 2.24) is 4.57 Å². The number of anilines is 1. The summed E-state index contributed by atoms with van der Waals surface area (Å²) in [4.78, 5) is 21.7. The molecule has 0 aliphatic rings. The Hall–Kier alpha value is -1.82. The number of carbonyl (C=O) groups excluding carboxylic acids is 1. The number of nitrogens with one attached hydrogen (secondary N) is 1. The summed E-state index contributed by atoms with van der Waals surface area (Å²) >= 11 is 0. The molecule has 6 nitrogen and oxygen atoms in total. The molecule has 1 heterocycles. The van der Waals surface area contributed by atoms with E-state index in [2.05, 4.69) is 5.32 Å². The molecule has 0 radical (unpaired) electrons. The molecule has 0 bridgehead atoms. The first-order valence-electron chi connectivity index (χ1n) is 4.36. The number of hydrogen-bond acceptors (Lipinski definition) is 4. The fraction of sp³-hybridized carbons (Fsp3) is 0.333. The zero-order valence-electron chi connectivity index (χ0n) is 8.23. The highest BCUT2D eigenvalue weighted by molar-refractivity contribution is 5.76. The average Bonchev–Trinajstić information content (AvgIpc) is 2.19. The molecule has 82 valence electrons. The van der Waals surface area contributed by atoms with E-state index in [-0.39, 0.29) is 24.7 Å². The third-order valence-electron chi connectivity index (χ3n) is 2.01. The Morgan fingerprint density at radius 3 is 2.80 bits per heavy atom. The van der Waals surface area contributed by atoms with E-state index < -0.39 is 5.56 Å². The molecule has 0 spiro atoms. The number of aliphatic hydroxyl groups excluding tert-OH is 1. The van der Waals surface area contributed by atoms with Gasteiger partial charge in [0.2, 0.25) is 12.3 Å². The normalized spacial score (nSPS) is 10.0. The number of hydrogen-bond donors (Lipinski definition) is 3. The molecule has 0 aromatic carbocycles. The lowest BCUT2D eigenvalue weighted by molar-refractivity contribution is -0.105.